The van der Waals surface area contributed by atoms with Crippen molar-refractivity contribution in [3.63, 3.8) is 0 Å². The molecule has 2 aromatic carbocycles. The Morgan fingerprint density at radius 3 is 2.59 bits per heavy atom. The average molecular weight is 532 g/mol. The molecule has 0 saturated carbocycles. The highest BCUT2D eigenvalue weighted by molar-refractivity contribution is 5.78. The third kappa shape index (κ3) is 9.87. The van der Waals surface area contributed by atoms with E-state index in [2.05, 4.69) is 43.3 Å². The second kappa shape index (κ2) is 15.7. The number of hydrogen-bond donors (Lipinski definition) is 2. The normalized spacial score (nSPS) is 18.1. The van der Waals surface area contributed by atoms with Crippen LogP contribution in [0, 0.1) is 0 Å². The molecule has 8 heteroatoms. The van der Waals surface area contributed by atoms with Crippen molar-refractivity contribution in [1.82, 2.24) is 25.1 Å². The Balaban J connectivity index is 1.32. The number of carbonyl (C=O) groups is 2. The molecule has 0 radical (unpaired) electrons. The summed E-state index contributed by atoms with van der Waals surface area (Å²) in [6, 6.07) is 18.3. The molecule has 1 aromatic heterocycles. The molecule has 1 atom stereocenters. The molecule has 0 aliphatic carbocycles. The Kier molecular flexibility index (Phi) is 11.4. The molecule has 0 bridgehead atoms. The van der Waals surface area contributed by atoms with Crippen molar-refractivity contribution in [1.29, 1.82) is 0 Å². The van der Waals surface area contributed by atoms with Crippen molar-refractivity contribution in [2.45, 2.75) is 57.5 Å². The second-order valence-electron chi connectivity index (χ2n) is 10.2. The largest absolute Gasteiger partial charge is 0.493 e. The molecule has 8 nitrogen and oxygen atoms in total. The van der Waals surface area contributed by atoms with Crippen molar-refractivity contribution < 1.29 is 14.3 Å². The van der Waals surface area contributed by atoms with Crippen molar-refractivity contribution in [2.24, 2.45) is 0 Å². The summed E-state index contributed by atoms with van der Waals surface area (Å²) in [5, 5.41) is 6.19. The number of rotatable bonds is 9. The summed E-state index contributed by atoms with van der Waals surface area (Å²) in [5.74, 6) is 1.22. The van der Waals surface area contributed by atoms with E-state index in [-0.39, 0.29) is 17.7 Å². The van der Waals surface area contributed by atoms with E-state index >= 15 is 0 Å². The van der Waals surface area contributed by atoms with Crippen LogP contribution in [-0.4, -0.2) is 59.1 Å². The van der Waals surface area contributed by atoms with Gasteiger partial charge in [-0.05, 0) is 49.7 Å². The van der Waals surface area contributed by atoms with Gasteiger partial charge in [0.05, 0.1) is 19.5 Å². The maximum Gasteiger partial charge on any atom is 0.234 e. The highest BCUT2D eigenvalue weighted by atomic mass is 16.5. The fraction of sp³-hybridized carbons (Fsp3) is 0.452. The van der Waals surface area contributed by atoms with Crippen LogP contribution < -0.4 is 15.4 Å². The summed E-state index contributed by atoms with van der Waals surface area (Å²) < 4.78 is 8.22. The van der Waals surface area contributed by atoms with Crippen LogP contribution in [0.4, 0.5) is 0 Å². The zero-order valence-electron chi connectivity index (χ0n) is 22.8. The van der Waals surface area contributed by atoms with Crippen LogP contribution in [0.3, 0.4) is 0 Å². The van der Waals surface area contributed by atoms with Crippen LogP contribution in [0.2, 0.25) is 0 Å². The van der Waals surface area contributed by atoms with Gasteiger partial charge in [-0.15, -0.1) is 0 Å². The molecule has 1 aliphatic heterocycles. The number of nitrogens with zero attached hydrogens (tertiary/aromatic N) is 3. The Hall–Kier alpha value is -3.65. The van der Waals surface area contributed by atoms with Crippen molar-refractivity contribution in [2.75, 3.05) is 32.8 Å². The SMILES string of the molecule is O=C1CCC(c2ccccc2)CCNC(=O)CN(Cc2ccccc2OCCCCn2ccnc2)CCCN1. The molecular formula is C31H41N5O3. The molecule has 39 heavy (non-hydrogen) atoms. The molecule has 1 aliphatic rings. The summed E-state index contributed by atoms with van der Waals surface area (Å²) in [4.78, 5) is 31.6. The van der Waals surface area contributed by atoms with Gasteiger partial charge in [0, 0.05) is 57.1 Å². The van der Waals surface area contributed by atoms with Gasteiger partial charge < -0.3 is 19.9 Å². The zero-order chi connectivity index (χ0) is 27.1. The number of aromatic nitrogens is 2. The fourth-order valence-corrected chi connectivity index (χ4v) is 5.00. The van der Waals surface area contributed by atoms with Gasteiger partial charge in [0.1, 0.15) is 5.75 Å². The molecule has 2 amide bonds. The average Bonchev–Trinajstić information content (AvgIpc) is 3.47. The Morgan fingerprint density at radius 2 is 1.74 bits per heavy atom. The highest BCUT2D eigenvalue weighted by Crippen LogP contribution is 2.25. The molecule has 2 heterocycles. The quantitative estimate of drug-likeness (QED) is 0.406. The molecule has 208 valence electrons. The number of para-hydroxylation sites is 1. The van der Waals surface area contributed by atoms with E-state index in [4.69, 9.17) is 4.74 Å². The van der Waals surface area contributed by atoms with E-state index in [1.807, 2.05) is 48.9 Å². The number of amides is 2. The predicted octanol–water partition coefficient (Wildman–Crippen LogP) is 4.13. The number of imidazole rings is 1. The van der Waals surface area contributed by atoms with Crippen LogP contribution >= 0.6 is 0 Å². The number of benzene rings is 2. The molecule has 0 spiro atoms. The molecular weight excluding hydrogens is 490 g/mol. The summed E-state index contributed by atoms with van der Waals surface area (Å²) >= 11 is 0. The minimum absolute atomic E-state index is 0.0285. The molecule has 2 N–H and O–H groups in total. The van der Waals surface area contributed by atoms with E-state index < -0.39 is 0 Å². The van der Waals surface area contributed by atoms with Crippen molar-refractivity contribution in [3.8, 4) is 5.75 Å². The van der Waals surface area contributed by atoms with E-state index in [0.29, 0.717) is 45.8 Å². The lowest BCUT2D eigenvalue weighted by molar-refractivity contribution is -0.123. The summed E-state index contributed by atoms with van der Waals surface area (Å²) in [6.45, 7) is 4.38. The van der Waals surface area contributed by atoms with Gasteiger partial charge in [0.15, 0.2) is 0 Å². The lowest BCUT2D eigenvalue weighted by Crippen LogP contribution is -2.39. The molecule has 1 saturated heterocycles. The standard InChI is InChI=1S/C31H41N5O3/c37-30-14-13-27(26-9-2-1-3-10-26)15-17-34-31(38)24-36(20-8-16-33-30)23-28-11-4-5-12-29(28)39-22-7-6-19-35-21-18-32-25-35/h1-5,9-12,18,21,25,27H,6-8,13-17,19-20,22-24H2,(H,33,37)(H,34,38). The first kappa shape index (κ1) is 28.4. The lowest BCUT2D eigenvalue weighted by Gasteiger charge is -2.24. The lowest BCUT2D eigenvalue weighted by atomic mass is 9.91. The van der Waals surface area contributed by atoms with Crippen molar-refractivity contribution in [3.05, 3.63) is 84.4 Å². The smallest absolute Gasteiger partial charge is 0.234 e. The third-order valence-corrected chi connectivity index (χ3v) is 7.14. The Morgan fingerprint density at radius 1 is 0.923 bits per heavy atom. The first-order chi connectivity index (χ1) is 19.2. The molecule has 3 aromatic rings. The number of nitrogens with one attached hydrogen (secondary N) is 2. The van der Waals surface area contributed by atoms with Gasteiger partial charge in [-0.3, -0.25) is 14.5 Å². The summed E-state index contributed by atoms with van der Waals surface area (Å²) in [6.07, 6.45) is 10.4. The fourth-order valence-electron chi connectivity index (χ4n) is 5.00. The number of carbonyl (C=O) groups excluding carboxylic acids is 2. The number of unbranched alkanes of at least 4 members (excludes halogenated alkanes) is 1. The van der Waals surface area contributed by atoms with Crippen molar-refractivity contribution >= 4 is 11.8 Å². The van der Waals surface area contributed by atoms with E-state index in [1.54, 1.807) is 6.20 Å². The number of aryl methyl sites for hydroxylation is 1. The second-order valence-corrected chi connectivity index (χ2v) is 10.2. The van der Waals surface area contributed by atoms with E-state index in [0.717, 1.165) is 50.0 Å². The van der Waals surface area contributed by atoms with Gasteiger partial charge in [0.2, 0.25) is 11.8 Å². The number of ether oxygens (including phenoxy) is 1. The van der Waals surface area contributed by atoms with E-state index in [1.165, 1.54) is 5.56 Å². The predicted molar refractivity (Wildman–Crippen MR) is 152 cm³/mol. The van der Waals surface area contributed by atoms with Crippen LogP contribution in [-0.2, 0) is 22.7 Å². The van der Waals surface area contributed by atoms with Crippen LogP contribution in [0.25, 0.3) is 0 Å². The van der Waals surface area contributed by atoms with Gasteiger partial charge in [-0.25, -0.2) is 4.98 Å². The van der Waals surface area contributed by atoms with Gasteiger partial charge in [-0.1, -0.05) is 48.5 Å². The summed E-state index contributed by atoms with van der Waals surface area (Å²) in [7, 11) is 0. The maximum absolute atomic E-state index is 12.9. The van der Waals surface area contributed by atoms with E-state index in [9.17, 15) is 9.59 Å². The van der Waals surface area contributed by atoms with Crippen LogP contribution in [0.5, 0.6) is 5.75 Å². The van der Waals surface area contributed by atoms with Gasteiger partial charge in [-0.2, -0.15) is 0 Å². The first-order valence-electron chi connectivity index (χ1n) is 14.1. The highest BCUT2D eigenvalue weighted by Gasteiger charge is 2.17. The Labute approximate surface area is 231 Å². The first-order valence-corrected chi connectivity index (χ1v) is 14.1. The minimum Gasteiger partial charge on any atom is -0.493 e. The Bertz CT molecular complexity index is 1140. The monoisotopic (exact) mass is 531 g/mol. The third-order valence-electron chi connectivity index (χ3n) is 7.14. The molecule has 1 fully saturated rings. The maximum atomic E-state index is 12.9. The van der Waals surface area contributed by atoms with Gasteiger partial charge >= 0.3 is 0 Å². The van der Waals surface area contributed by atoms with Gasteiger partial charge in [0.25, 0.3) is 0 Å². The van der Waals surface area contributed by atoms with Crippen LogP contribution in [0.1, 0.15) is 55.6 Å². The number of hydrogen-bond acceptors (Lipinski definition) is 5. The molecule has 1 unspecified atom stereocenters. The van der Waals surface area contributed by atoms with Crippen LogP contribution in [0.15, 0.2) is 73.3 Å². The minimum atomic E-state index is 0.0285. The zero-order valence-corrected chi connectivity index (χ0v) is 22.8. The topological polar surface area (TPSA) is 88.5 Å². The summed E-state index contributed by atoms with van der Waals surface area (Å²) in [5.41, 5.74) is 2.28. The molecule has 4 rings (SSSR count).